The molecule has 14 heavy (non-hydrogen) atoms. The van der Waals surface area contributed by atoms with E-state index in [0.29, 0.717) is 0 Å². The summed E-state index contributed by atoms with van der Waals surface area (Å²) >= 11 is -0.577. The predicted molar refractivity (Wildman–Crippen MR) is 45.4 cm³/mol. The summed E-state index contributed by atoms with van der Waals surface area (Å²) in [6, 6.07) is 0. The van der Waals surface area contributed by atoms with E-state index in [4.69, 9.17) is 2.81 Å². The van der Waals surface area contributed by atoms with Crippen molar-refractivity contribution in [3.05, 3.63) is 23.3 Å². The van der Waals surface area contributed by atoms with Crippen LogP contribution in [-0.4, -0.2) is 7.11 Å². The zero-order valence-electron chi connectivity index (χ0n) is 8.22. The molecule has 1 atom stereocenters. The molecule has 0 fully saturated rings. The largest absolute Gasteiger partial charge is 1.00 e. The van der Waals surface area contributed by atoms with E-state index in [-0.39, 0.29) is 24.8 Å². The molecule has 0 N–H and O–H groups in total. The van der Waals surface area contributed by atoms with Crippen molar-refractivity contribution >= 4 is 0 Å². The Hall–Kier alpha value is 0.903. The van der Waals surface area contributed by atoms with E-state index in [1.807, 2.05) is 7.11 Å². The molecular formula is C10H14Cl2OZr. The third-order valence-electron chi connectivity index (χ3n) is 2.66. The molecule has 0 aromatic heterocycles. The van der Waals surface area contributed by atoms with E-state index in [2.05, 4.69) is 12.2 Å². The number of hydrogen-bond acceptors (Lipinski definition) is 1. The van der Waals surface area contributed by atoms with Gasteiger partial charge in [-0.1, -0.05) is 0 Å². The molecule has 1 unspecified atom stereocenters. The summed E-state index contributed by atoms with van der Waals surface area (Å²) in [5.41, 5.74) is 3.37. The van der Waals surface area contributed by atoms with Crippen LogP contribution >= 0.6 is 0 Å². The van der Waals surface area contributed by atoms with Gasteiger partial charge in [0, 0.05) is 0 Å². The van der Waals surface area contributed by atoms with E-state index in [0.717, 1.165) is 3.63 Å². The number of hydrogen-bond donors (Lipinski definition) is 0. The quantitative estimate of drug-likeness (QED) is 0.524. The van der Waals surface area contributed by atoms with Crippen LogP contribution in [0.2, 0.25) is 3.63 Å². The zero-order valence-corrected chi connectivity index (χ0v) is 12.2. The Morgan fingerprint density at radius 3 is 2.71 bits per heavy atom. The SMILES string of the molecule is C[O][Zr+2][CH]1C=CC2=C1CCCC2.[Cl-].[Cl-]. The van der Waals surface area contributed by atoms with Crippen molar-refractivity contribution in [1.82, 2.24) is 0 Å². The van der Waals surface area contributed by atoms with Gasteiger partial charge in [-0.25, -0.2) is 0 Å². The molecule has 0 radical (unpaired) electrons. The second-order valence-electron chi connectivity index (χ2n) is 3.42. The van der Waals surface area contributed by atoms with Gasteiger partial charge in [-0.2, -0.15) is 0 Å². The van der Waals surface area contributed by atoms with Gasteiger partial charge in [0.25, 0.3) is 0 Å². The van der Waals surface area contributed by atoms with Gasteiger partial charge in [0.05, 0.1) is 0 Å². The summed E-state index contributed by atoms with van der Waals surface area (Å²) in [4.78, 5) is 0. The van der Waals surface area contributed by atoms with Gasteiger partial charge in [0.1, 0.15) is 0 Å². The molecule has 0 heterocycles. The summed E-state index contributed by atoms with van der Waals surface area (Å²) in [5.74, 6) is 0. The number of halogens is 2. The van der Waals surface area contributed by atoms with Crippen LogP contribution in [0.1, 0.15) is 25.7 Å². The van der Waals surface area contributed by atoms with Crippen LogP contribution in [-0.2, 0) is 26.5 Å². The fraction of sp³-hybridized carbons (Fsp3) is 0.600. The zero-order chi connectivity index (χ0) is 8.39. The summed E-state index contributed by atoms with van der Waals surface area (Å²) in [5, 5.41) is 0. The topological polar surface area (TPSA) is 9.23 Å². The van der Waals surface area contributed by atoms with Gasteiger partial charge in [-0.15, -0.1) is 0 Å². The Labute approximate surface area is 110 Å². The average Bonchev–Trinajstić information content (AvgIpc) is 2.50. The van der Waals surface area contributed by atoms with E-state index < -0.39 is 23.7 Å². The van der Waals surface area contributed by atoms with Gasteiger partial charge in [-0.3, -0.25) is 0 Å². The normalized spacial score (nSPS) is 23.4. The first-order valence-corrected chi connectivity index (χ1v) is 7.02. The minimum absolute atomic E-state index is 0. The maximum Gasteiger partial charge on any atom is -1.00 e. The molecule has 2 rings (SSSR count). The molecule has 0 bridgehead atoms. The van der Waals surface area contributed by atoms with Crippen LogP contribution in [0.5, 0.6) is 0 Å². The van der Waals surface area contributed by atoms with Gasteiger partial charge in [0.2, 0.25) is 0 Å². The van der Waals surface area contributed by atoms with Crippen molar-refractivity contribution in [2.24, 2.45) is 0 Å². The molecule has 2 aliphatic rings. The average molecular weight is 312 g/mol. The van der Waals surface area contributed by atoms with Crippen molar-refractivity contribution in [2.75, 3.05) is 7.11 Å². The van der Waals surface area contributed by atoms with Crippen molar-refractivity contribution in [3.63, 3.8) is 0 Å². The molecule has 78 valence electrons. The molecule has 0 aliphatic heterocycles. The van der Waals surface area contributed by atoms with Crippen LogP contribution in [0, 0.1) is 0 Å². The summed E-state index contributed by atoms with van der Waals surface area (Å²) < 4.78 is 6.13. The first-order valence-electron chi connectivity index (χ1n) is 4.60. The van der Waals surface area contributed by atoms with E-state index >= 15 is 0 Å². The van der Waals surface area contributed by atoms with E-state index in [1.165, 1.54) is 25.7 Å². The Kier molecular flexibility index (Phi) is 7.69. The maximum absolute atomic E-state index is 5.36. The summed E-state index contributed by atoms with van der Waals surface area (Å²) in [6.45, 7) is 0. The molecule has 0 aromatic carbocycles. The molecule has 0 saturated heterocycles. The van der Waals surface area contributed by atoms with Crippen LogP contribution in [0.25, 0.3) is 0 Å². The fourth-order valence-electron chi connectivity index (χ4n) is 2.06. The molecule has 1 nitrogen and oxygen atoms in total. The van der Waals surface area contributed by atoms with Crippen LogP contribution < -0.4 is 24.8 Å². The van der Waals surface area contributed by atoms with Crippen molar-refractivity contribution in [3.8, 4) is 0 Å². The Morgan fingerprint density at radius 2 is 2.00 bits per heavy atom. The van der Waals surface area contributed by atoms with Gasteiger partial charge in [0.15, 0.2) is 0 Å². The molecule has 0 amide bonds. The second kappa shape index (κ2) is 7.22. The maximum atomic E-state index is 5.36. The minimum Gasteiger partial charge on any atom is -1.00 e. The Bertz CT molecular complexity index is 238. The monoisotopic (exact) mass is 310 g/mol. The number of allylic oxidation sites excluding steroid dienone is 4. The standard InChI is InChI=1S/C9H11.CH3O.2ClH.Zr/c1-2-5-9-7-3-6-8(9)4-1;1-2;;;/h3,6-7H,1-2,4-5H2;1H3;2*1H;/q;-1;;;+3/p-2. The molecule has 0 aromatic rings. The molecular weight excluding hydrogens is 298 g/mol. The van der Waals surface area contributed by atoms with Crippen molar-refractivity contribution < 1.29 is 51.3 Å². The third-order valence-corrected chi connectivity index (χ3v) is 5.20. The summed E-state index contributed by atoms with van der Waals surface area (Å²) in [7, 11) is 1.86. The molecule has 2 aliphatic carbocycles. The smallest absolute Gasteiger partial charge is 1.00 e. The van der Waals surface area contributed by atoms with Crippen LogP contribution in [0.3, 0.4) is 0 Å². The van der Waals surface area contributed by atoms with Gasteiger partial charge >= 0.3 is 86.2 Å². The second-order valence-corrected chi connectivity index (χ2v) is 6.53. The molecule has 4 heteroatoms. The number of rotatable bonds is 2. The predicted octanol–water partition coefficient (Wildman–Crippen LogP) is -3.13. The van der Waals surface area contributed by atoms with Crippen molar-refractivity contribution in [2.45, 2.75) is 29.3 Å². The third kappa shape index (κ3) is 3.20. The Balaban J connectivity index is 0.000000845. The van der Waals surface area contributed by atoms with E-state index in [1.54, 1.807) is 11.1 Å². The molecule has 0 saturated carbocycles. The summed E-state index contributed by atoms with van der Waals surface area (Å²) in [6.07, 6.45) is 10.2. The molecule has 0 spiro atoms. The van der Waals surface area contributed by atoms with Crippen LogP contribution in [0.15, 0.2) is 23.3 Å². The van der Waals surface area contributed by atoms with Gasteiger partial charge in [-0.05, 0) is 0 Å². The Morgan fingerprint density at radius 1 is 1.29 bits per heavy atom. The van der Waals surface area contributed by atoms with Crippen molar-refractivity contribution in [1.29, 1.82) is 0 Å². The fourth-order valence-corrected chi connectivity index (χ4v) is 4.28. The first kappa shape index (κ1) is 14.9. The minimum atomic E-state index is -0.577. The van der Waals surface area contributed by atoms with Gasteiger partial charge < -0.3 is 24.8 Å². The van der Waals surface area contributed by atoms with E-state index in [9.17, 15) is 0 Å². The van der Waals surface area contributed by atoms with Crippen LogP contribution in [0.4, 0.5) is 0 Å². The first-order chi connectivity index (χ1) is 5.92.